The Hall–Kier alpha value is -1.77. The van der Waals surface area contributed by atoms with E-state index < -0.39 is 0 Å². The molecule has 0 amide bonds. The van der Waals surface area contributed by atoms with Crippen LogP contribution in [0.5, 0.6) is 0 Å². The minimum Gasteiger partial charge on any atom is -0.292 e. The molecule has 0 unspecified atom stereocenters. The normalized spacial score (nSPS) is 23.5. The molecule has 22 heavy (non-hydrogen) atoms. The van der Waals surface area contributed by atoms with Gasteiger partial charge in [0.15, 0.2) is 5.78 Å². The first-order chi connectivity index (χ1) is 10.7. The number of ketones is 1. The van der Waals surface area contributed by atoms with Crippen LogP contribution in [0.2, 0.25) is 0 Å². The highest BCUT2D eigenvalue weighted by atomic mass is 32.1. The molecule has 6 nitrogen and oxygen atoms in total. The topological polar surface area (TPSA) is 71.9 Å². The van der Waals surface area contributed by atoms with Crippen molar-refractivity contribution in [1.29, 1.82) is 0 Å². The Labute approximate surface area is 136 Å². The van der Waals surface area contributed by atoms with Crippen molar-refractivity contribution in [2.24, 2.45) is 0 Å². The molecule has 3 heterocycles. The van der Waals surface area contributed by atoms with E-state index >= 15 is 0 Å². The molecule has 0 spiro atoms. The largest absolute Gasteiger partial charge is 0.292 e. The van der Waals surface area contributed by atoms with Crippen LogP contribution in [-0.4, -0.2) is 49.0 Å². The summed E-state index contributed by atoms with van der Waals surface area (Å²) >= 11 is 2.56. The Morgan fingerprint density at radius 1 is 1.23 bits per heavy atom. The lowest BCUT2D eigenvalue weighted by atomic mass is 9.90. The summed E-state index contributed by atoms with van der Waals surface area (Å²) in [5, 5.41) is 11.7. The van der Waals surface area contributed by atoms with Gasteiger partial charge in [-0.1, -0.05) is 15.9 Å². The molecule has 0 saturated carbocycles. The van der Waals surface area contributed by atoms with E-state index in [1.54, 1.807) is 0 Å². The van der Waals surface area contributed by atoms with E-state index in [1.807, 2.05) is 29.8 Å². The number of likely N-dealkylation sites (tertiary alicyclic amines) is 1. The average molecular weight is 333 g/mol. The quantitative estimate of drug-likeness (QED) is 0.802. The molecule has 1 saturated heterocycles. The van der Waals surface area contributed by atoms with Crippen molar-refractivity contribution in [3.63, 3.8) is 0 Å². The van der Waals surface area contributed by atoms with Gasteiger partial charge in [-0.15, -0.1) is 10.2 Å². The minimum atomic E-state index is 0.0539. The number of aromatic nitrogens is 4. The molecule has 2 aromatic rings. The lowest BCUT2D eigenvalue weighted by molar-refractivity contribution is -0.114. The van der Waals surface area contributed by atoms with Crippen LogP contribution in [0.3, 0.4) is 0 Å². The highest BCUT2D eigenvalue weighted by Crippen LogP contribution is 2.26. The van der Waals surface area contributed by atoms with Gasteiger partial charge in [-0.05, 0) is 48.7 Å². The van der Waals surface area contributed by atoms with Crippen molar-refractivity contribution in [2.75, 3.05) is 13.1 Å². The number of carbonyl (C=O) groups excluding carboxylic acids is 1. The summed E-state index contributed by atoms with van der Waals surface area (Å²) in [6.07, 6.45) is 3.67. The molecule has 0 N–H and O–H groups in total. The van der Waals surface area contributed by atoms with Crippen molar-refractivity contribution >= 4 is 41.0 Å². The maximum Gasteiger partial charge on any atom is 0.188 e. The number of rotatable bonds is 3. The van der Waals surface area contributed by atoms with Gasteiger partial charge in [0.25, 0.3) is 0 Å². The van der Waals surface area contributed by atoms with Crippen LogP contribution in [0.15, 0.2) is 21.9 Å². The van der Waals surface area contributed by atoms with Gasteiger partial charge in [-0.2, -0.15) is 0 Å². The predicted molar refractivity (Wildman–Crippen MR) is 87.5 cm³/mol. The fourth-order valence-electron chi connectivity index (χ4n) is 2.49. The third-order valence-electron chi connectivity index (χ3n) is 3.71. The Balaban J connectivity index is 1.99. The fourth-order valence-corrected chi connectivity index (χ4v) is 3.31. The van der Waals surface area contributed by atoms with Crippen molar-refractivity contribution < 1.29 is 4.79 Å². The molecular formula is C14H15N5OS2. The molecular weight excluding hydrogens is 318 g/mol. The van der Waals surface area contributed by atoms with Crippen LogP contribution in [0, 0.1) is 0 Å². The van der Waals surface area contributed by atoms with E-state index in [2.05, 4.69) is 31.0 Å². The lowest BCUT2D eigenvalue weighted by Gasteiger charge is -2.35. The molecule has 2 aromatic heterocycles. The number of nitrogens with zero attached hydrogens (tertiary/aromatic N) is 5. The maximum atomic E-state index is 12.8. The zero-order valence-electron chi connectivity index (χ0n) is 12.3. The van der Waals surface area contributed by atoms with E-state index in [-0.39, 0.29) is 11.8 Å². The molecule has 3 rings (SSSR count). The van der Waals surface area contributed by atoms with Gasteiger partial charge in [0.05, 0.1) is 11.4 Å². The molecule has 0 bridgehead atoms. The first-order valence-electron chi connectivity index (χ1n) is 6.94. The smallest absolute Gasteiger partial charge is 0.188 e. The minimum absolute atomic E-state index is 0.0539. The van der Waals surface area contributed by atoms with Gasteiger partial charge < -0.3 is 0 Å². The fraction of sp³-hybridized carbons (Fsp3) is 0.357. The van der Waals surface area contributed by atoms with E-state index in [0.717, 1.165) is 29.1 Å². The van der Waals surface area contributed by atoms with Crippen molar-refractivity contribution in [2.45, 2.75) is 19.9 Å². The summed E-state index contributed by atoms with van der Waals surface area (Å²) in [4.78, 5) is 15.0. The van der Waals surface area contributed by atoms with Crippen LogP contribution >= 0.6 is 23.1 Å². The van der Waals surface area contributed by atoms with E-state index in [1.165, 1.54) is 23.1 Å². The summed E-state index contributed by atoms with van der Waals surface area (Å²) in [6.45, 7) is 5.64. The second-order valence-electron chi connectivity index (χ2n) is 5.00. The third-order valence-corrected chi connectivity index (χ3v) is 4.76. The summed E-state index contributed by atoms with van der Waals surface area (Å²) in [6, 6.07) is 0.0601. The van der Waals surface area contributed by atoms with Gasteiger partial charge >= 0.3 is 0 Å². The number of hydrogen-bond acceptors (Lipinski definition) is 8. The van der Waals surface area contributed by atoms with Gasteiger partial charge in [-0.25, -0.2) is 0 Å². The highest BCUT2D eigenvalue weighted by Gasteiger charge is 2.31. The molecule has 0 aromatic carbocycles. The number of hydrogen-bond donors (Lipinski definition) is 0. The number of piperidine rings is 1. The molecule has 1 atom stereocenters. The average Bonchev–Trinajstić information content (AvgIpc) is 3.20. The summed E-state index contributed by atoms with van der Waals surface area (Å²) in [5.41, 5.74) is 2.94. The first kappa shape index (κ1) is 15.1. The molecule has 114 valence electrons. The molecule has 8 heteroatoms. The summed E-state index contributed by atoms with van der Waals surface area (Å²) < 4.78 is 7.68. The van der Waals surface area contributed by atoms with E-state index in [4.69, 9.17) is 0 Å². The zero-order chi connectivity index (χ0) is 15.5. The molecule has 0 aliphatic carbocycles. The predicted octanol–water partition coefficient (Wildman–Crippen LogP) is 2.15. The summed E-state index contributed by atoms with van der Waals surface area (Å²) in [5.74, 6) is 0.0539. The van der Waals surface area contributed by atoms with Crippen molar-refractivity contribution in [3.05, 3.63) is 33.3 Å². The van der Waals surface area contributed by atoms with Gasteiger partial charge in [0, 0.05) is 34.5 Å². The van der Waals surface area contributed by atoms with Crippen LogP contribution < -0.4 is 0 Å². The van der Waals surface area contributed by atoms with Crippen LogP contribution in [0.4, 0.5) is 0 Å². The van der Waals surface area contributed by atoms with Crippen LogP contribution in [0.1, 0.15) is 25.2 Å². The Morgan fingerprint density at radius 3 is 2.41 bits per heavy atom. The Morgan fingerprint density at radius 2 is 1.86 bits per heavy atom. The van der Waals surface area contributed by atoms with Gasteiger partial charge in [0.1, 0.15) is 0 Å². The molecule has 1 fully saturated rings. The molecule has 0 radical (unpaired) electrons. The highest BCUT2D eigenvalue weighted by molar-refractivity contribution is 7.03. The van der Waals surface area contributed by atoms with E-state index in [9.17, 15) is 4.79 Å². The zero-order valence-corrected chi connectivity index (χ0v) is 13.9. The number of carbonyl (C=O) groups is 1. The monoisotopic (exact) mass is 333 g/mol. The standard InChI is InChI=1S/C14H15N5OS2/c1-3-19-6-10(4-11-7-21-17-15-11)14(20)13(9(19)2)5-12-8-22-18-16-12/h4-5,7-9H,3,6H2,1-2H3/b10-4+,13-5-/t9-/m0/s1. The molecule has 1 aliphatic heterocycles. The molecule has 1 aliphatic rings. The maximum absolute atomic E-state index is 12.8. The Bertz CT molecular complexity index is 706. The van der Waals surface area contributed by atoms with Crippen molar-refractivity contribution in [1.82, 2.24) is 24.1 Å². The second kappa shape index (κ2) is 6.55. The Kier molecular flexibility index (Phi) is 4.51. The van der Waals surface area contributed by atoms with E-state index in [0.29, 0.717) is 6.54 Å². The first-order valence-corrected chi connectivity index (χ1v) is 8.61. The second-order valence-corrected chi connectivity index (χ2v) is 6.22. The van der Waals surface area contributed by atoms with Crippen LogP contribution in [-0.2, 0) is 4.79 Å². The van der Waals surface area contributed by atoms with Gasteiger partial charge in [0.2, 0.25) is 0 Å². The lowest BCUT2D eigenvalue weighted by Crippen LogP contribution is -2.44. The van der Waals surface area contributed by atoms with Crippen LogP contribution in [0.25, 0.3) is 12.2 Å². The SMILES string of the molecule is CCN1C/C(=C\c2csnn2)C(=O)/C(=C\c2csnn2)[C@@H]1C. The number of likely N-dealkylation sites (N-methyl/N-ethyl adjacent to an activating group) is 1. The number of Topliss-reactive ketones (excluding diaryl/α,β-unsaturated/α-hetero) is 1. The summed E-state index contributed by atoms with van der Waals surface area (Å²) in [7, 11) is 0. The van der Waals surface area contributed by atoms with Crippen molar-refractivity contribution in [3.8, 4) is 0 Å². The van der Waals surface area contributed by atoms with Gasteiger partial charge in [-0.3, -0.25) is 9.69 Å². The third kappa shape index (κ3) is 3.03.